The first-order valence-corrected chi connectivity index (χ1v) is 9.88. The average Bonchev–Trinajstić information content (AvgIpc) is 3.20. The van der Waals surface area contributed by atoms with E-state index in [0.29, 0.717) is 30.0 Å². The maximum Gasteiger partial charge on any atom is 0.269 e. The van der Waals surface area contributed by atoms with Crippen molar-refractivity contribution in [3.63, 3.8) is 0 Å². The SMILES string of the molecule is O=C(CCCNC(=O)c1ccc(Cl)cc1)NC1CC(c2cccc([N+](=O)[O-])c2)NN1. The Kier molecular flexibility index (Phi) is 7.34. The van der Waals surface area contributed by atoms with Gasteiger partial charge in [0.1, 0.15) is 0 Å². The molecular formula is C20H22ClN5O4. The summed E-state index contributed by atoms with van der Waals surface area (Å²) in [4.78, 5) is 34.6. The first kappa shape index (κ1) is 21.7. The highest BCUT2D eigenvalue weighted by Gasteiger charge is 2.26. The second-order valence-electron chi connectivity index (χ2n) is 6.92. The first-order valence-electron chi connectivity index (χ1n) is 9.51. The summed E-state index contributed by atoms with van der Waals surface area (Å²) in [6.45, 7) is 0.377. The molecule has 0 bridgehead atoms. The molecule has 1 aliphatic rings. The minimum absolute atomic E-state index is 0.0300. The zero-order valence-electron chi connectivity index (χ0n) is 16.1. The minimum Gasteiger partial charge on any atom is -0.352 e. The predicted molar refractivity (Wildman–Crippen MR) is 112 cm³/mol. The van der Waals surface area contributed by atoms with Crippen molar-refractivity contribution in [1.29, 1.82) is 0 Å². The highest BCUT2D eigenvalue weighted by Crippen LogP contribution is 2.24. The Morgan fingerprint density at radius 3 is 2.67 bits per heavy atom. The van der Waals surface area contributed by atoms with Gasteiger partial charge in [-0.3, -0.25) is 19.7 Å². The van der Waals surface area contributed by atoms with Crippen LogP contribution in [-0.2, 0) is 4.79 Å². The number of nitro benzene ring substituents is 1. The summed E-state index contributed by atoms with van der Waals surface area (Å²) in [5.74, 6) is -0.358. The average molecular weight is 432 g/mol. The number of benzene rings is 2. The zero-order chi connectivity index (χ0) is 21.5. The molecular weight excluding hydrogens is 410 g/mol. The van der Waals surface area contributed by atoms with Crippen molar-refractivity contribution < 1.29 is 14.5 Å². The standard InChI is InChI=1S/C20H22ClN5O4/c21-15-8-6-13(7-9-15)20(28)22-10-2-5-19(27)23-18-12-17(24-25-18)14-3-1-4-16(11-14)26(29)30/h1,3-4,6-9,11,17-18,24-25H,2,5,10,12H2,(H,22,28)(H,23,27). The number of carbonyl (C=O) groups excluding carboxylic acids is 2. The van der Waals surface area contributed by atoms with Crippen molar-refractivity contribution in [3.05, 3.63) is 74.8 Å². The van der Waals surface area contributed by atoms with Crippen LogP contribution in [0.25, 0.3) is 0 Å². The summed E-state index contributed by atoms with van der Waals surface area (Å²) in [5.41, 5.74) is 7.35. The number of nitrogens with zero attached hydrogens (tertiary/aromatic N) is 1. The Morgan fingerprint density at radius 2 is 1.93 bits per heavy atom. The lowest BCUT2D eigenvalue weighted by atomic mass is 10.0. The number of rotatable bonds is 8. The van der Waals surface area contributed by atoms with E-state index in [-0.39, 0.29) is 36.1 Å². The van der Waals surface area contributed by atoms with Gasteiger partial charge in [-0.1, -0.05) is 23.7 Å². The van der Waals surface area contributed by atoms with Gasteiger partial charge in [0.15, 0.2) is 0 Å². The summed E-state index contributed by atoms with van der Waals surface area (Å²) >= 11 is 5.80. The molecule has 0 aliphatic carbocycles. The monoisotopic (exact) mass is 431 g/mol. The van der Waals surface area contributed by atoms with Crippen LogP contribution in [-0.4, -0.2) is 29.4 Å². The Morgan fingerprint density at radius 1 is 1.17 bits per heavy atom. The van der Waals surface area contributed by atoms with Gasteiger partial charge in [-0.25, -0.2) is 10.9 Å². The van der Waals surface area contributed by atoms with E-state index in [0.717, 1.165) is 5.56 Å². The van der Waals surface area contributed by atoms with Crippen LogP contribution in [0, 0.1) is 10.1 Å². The molecule has 1 saturated heterocycles. The Balaban J connectivity index is 1.37. The van der Waals surface area contributed by atoms with E-state index in [2.05, 4.69) is 21.5 Å². The van der Waals surface area contributed by atoms with Crippen LogP contribution >= 0.6 is 11.6 Å². The number of non-ortho nitro benzene ring substituents is 1. The third kappa shape index (κ3) is 5.99. The molecule has 1 fully saturated rings. The fourth-order valence-corrected chi connectivity index (χ4v) is 3.27. The van der Waals surface area contributed by atoms with Crippen LogP contribution in [0.1, 0.15) is 41.2 Å². The van der Waals surface area contributed by atoms with Crippen LogP contribution in [0.2, 0.25) is 5.02 Å². The van der Waals surface area contributed by atoms with Gasteiger partial charge >= 0.3 is 0 Å². The van der Waals surface area contributed by atoms with Crippen molar-refractivity contribution >= 4 is 29.1 Å². The summed E-state index contributed by atoms with van der Waals surface area (Å²) in [7, 11) is 0. The fourth-order valence-electron chi connectivity index (χ4n) is 3.14. The Hall–Kier alpha value is -3.01. The lowest BCUT2D eigenvalue weighted by molar-refractivity contribution is -0.384. The number of halogens is 1. The summed E-state index contributed by atoms with van der Waals surface area (Å²) in [5, 5.41) is 17.1. The topological polar surface area (TPSA) is 125 Å². The van der Waals surface area contributed by atoms with Gasteiger partial charge in [-0.15, -0.1) is 0 Å². The molecule has 0 spiro atoms. The Bertz CT molecular complexity index is 922. The molecule has 0 aromatic heterocycles. The maximum atomic E-state index is 12.1. The van der Waals surface area contributed by atoms with Crippen LogP contribution in [0.3, 0.4) is 0 Å². The van der Waals surface area contributed by atoms with Crippen molar-refractivity contribution in [3.8, 4) is 0 Å². The number of amides is 2. The number of nitro groups is 1. The zero-order valence-corrected chi connectivity index (χ0v) is 16.8. The van der Waals surface area contributed by atoms with Gasteiger partial charge in [-0.05, 0) is 36.2 Å². The van der Waals surface area contributed by atoms with Crippen LogP contribution in [0.4, 0.5) is 5.69 Å². The van der Waals surface area contributed by atoms with Crippen molar-refractivity contribution in [2.24, 2.45) is 0 Å². The molecule has 2 amide bonds. The second kappa shape index (κ2) is 10.1. The van der Waals surface area contributed by atoms with Crippen molar-refractivity contribution in [1.82, 2.24) is 21.5 Å². The quantitative estimate of drug-likeness (QED) is 0.289. The molecule has 1 heterocycles. The predicted octanol–water partition coefficient (Wildman–Crippen LogP) is 2.44. The molecule has 0 saturated carbocycles. The lowest BCUT2D eigenvalue weighted by Crippen LogP contribution is -2.44. The summed E-state index contributed by atoms with van der Waals surface area (Å²) in [6, 6.07) is 12.8. The number of hydrogen-bond acceptors (Lipinski definition) is 6. The molecule has 9 nitrogen and oxygen atoms in total. The smallest absolute Gasteiger partial charge is 0.269 e. The fraction of sp³-hybridized carbons (Fsp3) is 0.300. The highest BCUT2D eigenvalue weighted by atomic mass is 35.5. The van der Waals surface area contributed by atoms with E-state index >= 15 is 0 Å². The van der Waals surface area contributed by atoms with Crippen LogP contribution in [0.5, 0.6) is 0 Å². The molecule has 30 heavy (non-hydrogen) atoms. The van der Waals surface area contributed by atoms with E-state index in [1.54, 1.807) is 36.4 Å². The van der Waals surface area contributed by atoms with Gasteiger partial charge in [0.05, 0.1) is 11.1 Å². The van der Waals surface area contributed by atoms with Gasteiger partial charge in [0.2, 0.25) is 5.91 Å². The number of nitrogens with one attached hydrogen (secondary N) is 4. The number of hydrogen-bond donors (Lipinski definition) is 4. The lowest BCUT2D eigenvalue weighted by Gasteiger charge is -2.12. The van der Waals surface area contributed by atoms with Crippen molar-refractivity contribution in [2.75, 3.05) is 6.54 Å². The van der Waals surface area contributed by atoms with Gasteiger partial charge < -0.3 is 10.6 Å². The second-order valence-corrected chi connectivity index (χ2v) is 7.35. The highest BCUT2D eigenvalue weighted by molar-refractivity contribution is 6.30. The first-order chi connectivity index (χ1) is 14.4. The number of hydrazine groups is 1. The van der Waals surface area contributed by atoms with E-state index in [1.807, 2.05) is 0 Å². The molecule has 2 atom stereocenters. The van der Waals surface area contributed by atoms with E-state index < -0.39 is 4.92 Å². The number of carbonyl (C=O) groups is 2. The van der Waals surface area contributed by atoms with Gasteiger partial charge in [0, 0.05) is 48.1 Å². The Labute approximate surface area is 178 Å². The molecule has 0 radical (unpaired) electrons. The van der Waals surface area contributed by atoms with Gasteiger partial charge in [0.25, 0.3) is 11.6 Å². The normalized spacial score (nSPS) is 18.0. The van der Waals surface area contributed by atoms with Crippen molar-refractivity contribution in [2.45, 2.75) is 31.5 Å². The maximum absolute atomic E-state index is 12.1. The molecule has 3 rings (SSSR count). The van der Waals surface area contributed by atoms with E-state index in [4.69, 9.17) is 11.6 Å². The third-order valence-electron chi connectivity index (χ3n) is 4.69. The molecule has 1 aliphatic heterocycles. The summed E-state index contributed by atoms with van der Waals surface area (Å²) in [6.07, 6.45) is 1.03. The van der Waals surface area contributed by atoms with Crippen LogP contribution in [0.15, 0.2) is 48.5 Å². The molecule has 2 aromatic rings. The largest absolute Gasteiger partial charge is 0.352 e. The minimum atomic E-state index is -0.434. The molecule has 4 N–H and O–H groups in total. The molecule has 2 unspecified atom stereocenters. The third-order valence-corrected chi connectivity index (χ3v) is 4.95. The summed E-state index contributed by atoms with van der Waals surface area (Å²) < 4.78 is 0. The van der Waals surface area contributed by atoms with E-state index in [1.165, 1.54) is 12.1 Å². The molecule has 158 valence electrons. The van der Waals surface area contributed by atoms with Crippen LogP contribution < -0.4 is 21.5 Å². The van der Waals surface area contributed by atoms with E-state index in [9.17, 15) is 19.7 Å². The molecule has 2 aromatic carbocycles. The van der Waals surface area contributed by atoms with Gasteiger partial charge in [-0.2, -0.15) is 0 Å². The molecule has 10 heteroatoms.